The third-order valence-electron chi connectivity index (χ3n) is 2.94. The van der Waals surface area contributed by atoms with Crippen molar-refractivity contribution in [2.75, 3.05) is 0 Å². The predicted octanol–water partition coefficient (Wildman–Crippen LogP) is 3.23. The van der Waals surface area contributed by atoms with Crippen LogP contribution in [0, 0.1) is 0 Å². The summed E-state index contributed by atoms with van der Waals surface area (Å²) in [4.78, 5) is 4.09. The molecule has 0 saturated heterocycles. The molecule has 0 radical (unpaired) electrons. The van der Waals surface area contributed by atoms with Crippen LogP contribution in [0.3, 0.4) is 0 Å². The van der Waals surface area contributed by atoms with Crippen molar-refractivity contribution in [3.05, 3.63) is 59.5 Å². The van der Waals surface area contributed by atoms with E-state index < -0.39 is 0 Å². The number of para-hydroxylation sites is 1. The van der Waals surface area contributed by atoms with Crippen molar-refractivity contribution in [1.82, 2.24) is 9.58 Å². The van der Waals surface area contributed by atoms with E-state index in [1.54, 1.807) is 12.4 Å². The Labute approximate surface area is 104 Å². The molecule has 4 heteroatoms. The van der Waals surface area contributed by atoms with Crippen LogP contribution in [0.1, 0.15) is 5.56 Å². The number of halogens is 1. The van der Waals surface area contributed by atoms with E-state index in [2.05, 4.69) is 4.98 Å². The molecule has 0 aliphatic carbocycles. The van der Waals surface area contributed by atoms with Crippen molar-refractivity contribution < 1.29 is 0 Å². The van der Waals surface area contributed by atoms with Gasteiger partial charge >= 0.3 is 0 Å². The van der Waals surface area contributed by atoms with Crippen molar-refractivity contribution in [2.24, 2.45) is 5.84 Å². The van der Waals surface area contributed by atoms with Crippen LogP contribution in [0.4, 0.5) is 11.4 Å². The largest absolute Gasteiger partial charge is 0.257 e. The van der Waals surface area contributed by atoms with Gasteiger partial charge in [-0.05, 0) is 6.07 Å². The lowest BCUT2D eigenvalue weighted by Gasteiger charge is -2.24. The second-order valence-electron chi connectivity index (χ2n) is 4.01. The number of quaternary nitrogens is 1. The molecule has 1 aliphatic heterocycles. The van der Waals surface area contributed by atoms with E-state index in [1.165, 1.54) is 0 Å². The fraction of sp³-hybridized carbons (Fsp3) is 0. The number of nitrogens with zero attached hydrogens (tertiary/aromatic N) is 2. The van der Waals surface area contributed by atoms with Crippen LogP contribution in [-0.2, 0) is 0 Å². The highest BCUT2D eigenvalue weighted by Gasteiger charge is 2.34. The number of fused-ring (bicyclic) bond motifs is 1. The lowest BCUT2D eigenvalue weighted by Crippen LogP contribution is -2.44. The first-order valence-corrected chi connectivity index (χ1v) is 5.65. The predicted molar refractivity (Wildman–Crippen MR) is 70.4 cm³/mol. The number of hydrogen-bond acceptors (Lipinski definition) is 2. The molecule has 1 aromatic carbocycles. The summed E-state index contributed by atoms with van der Waals surface area (Å²) in [5, 5.41) is 0.586. The van der Waals surface area contributed by atoms with Gasteiger partial charge in [-0.25, -0.2) is 0 Å². The van der Waals surface area contributed by atoms with E-state index in [0.29, 0.717) is 5.02 Å². The molecule has 84 valence electrons. The van der Waals surface area contributed by atoms with Gasteiger partial charge in [0.15, 0.2) is 11.4 Å². The molecular formula is C13H11ClN3+. The zero-order valence-electron chi connectivity index (χ0n) is 9.05. The fourth-order valence-electron chi connectivity index (χ4n) is 2.07. The molecule has 1 unspecified atom stereocenters. The second kappa shape index (κ2) is 3.67. The number of nitrogens with two attached hydrogens (primary N) is 1. The first-order valence-electron chi connectivity index (χ1n) is 5.27. The van der Waals surface area contributed by atoms with Gasteiger partial charge in [0.2, 0.25) is 0 Å². The van der Waals surface area contributed by atoms with Gasteiger partial charge < -0.3 is 0 Å². The van der Waals surface area contributed by atoms with Crippen LogP contribution in [0.25, 0.3) is 6.08 Å². The Bertz CT molecular complexity index is 609. The minimum absolute atomic E-state index is 0.115. The fourth-order valence-corrected chi connectivity index (χ4v) is 2.24. The molecule has 17 heavy (non-hydrogen) atoms. The molecule has 1 aliphatic rings. The lowest BCUT2D eigenvalue weighted by atomic mass is 10.2. The van der Waals surface area contributed by atoms with Gasteiger partial charge in [-0.1, -0.05) is 23.7 Å². The standard InChI is InChI=1S/C13H11ClN3/c14-11-7-12(9-16-8-11)17(15)6-5-10-3-1-2-4-13(10)17/h1-9H,15H2/q+1. The van der Waals surface area contributed by atoms with Crippen LogP contribution < -0.4 is 10.4 Å². The average molecular weight is 245 g/mol. The smallest absolute Gasteiger partial charge is 0.181 e. The molecule has 0 amide bonds. The van der Waals surface area contributed by atoms with Gasteiger partial charge in [0, 0.05) is 30.0 Å². The quantitative estimate of drug-likeness (QED) is 0.618. The Kier molecular flexibility index (Phi) is 2.26. The van der Waals surface area contributed by atoms with E-state index in [0.717, 1.165) is 16.9 Å². The first kappa shape index (κ1) is 10.5. The van der Waals surface area contributed by atoms with Crippen molar-refractivity contribution in [1.29, 1.82) is 0 Å². The van der Waals surface area contributed by atoms with E-state index in [1.807, 2.05) is 42.6 Å². The summed E-state index contributed by atoms with van der Waals surface area (Å²) in [6, 6.07) is 9.85. The minimum Gasteiger partial charge on any atom is -0.257 e. The molecule has 2 N–H and O–H groups in total. The third-order valence-corrected chi connectivity index (χ3v) is 3.15. The van der Waals surface area contributed by atoms with Crippen LogP contribution in [-0.4, -0.2) is 4.98 Å². The Morgan fingerprint density at radius 1 is 1.18 bits per heavy atom. The minimum atomic E-state index is 0.115. The molecule has 2 aromatic rings. The van der Waals surface area contributed by atoms with Gasteiger partial charge in [-0.3, -0.25) is 4.98 Å². The van der Waals surface area contributed by atoms with Crippen molar-refractivity contribution >= 4 is 29.1 Å². The van der Waals surface area contributed by atoms with E-state index in [-0.39, 0.29) is 4.59 Å². The van der Waals surface area contributed by atoms with Crippen LogP contribution >= 0.6 is 11.6 Å². The number of benzene rings is 1. The highest BCUT2D eigenvalue weighted by molar-refractivity contribution is 6.30. The Morgan fingerprint density at radius 2 is 2.00 bits per heavy atom. The molecule has 1 aromatic heterocycles. The maximum Gasteiger partial charge on any atom is 0.181 e. The SMILES string of the molecule is N[N+]1(c2cncc(Cl)c2)C=Cc2ccccc21. The Hall–Kier alpha value is -1.68. The van der Waals surface area contributed by atoms with Gasteiger partial charge in [0.1, 0.15) is 6.20 Å². The number of pyridine rings is 1. The number of aromatic nitrogens is 1. The summed E-state index contributed by atoms with van der Waals surface area (Å²) in [5.41, 5.74) is 2.99. The van der Waals surface area contributed by atoms with Crippen LogP contribution in [0.5, 0.6) is 0 Å². The maximum atomic E-state index is 6.41. The maximum absolute atomic E-state index is 6.41. The zero-order chi connectivity index (χ0) is 11.9. The Balaban J connectivity index is 2.19. The van der Waals surface area contributed by atoms with Crippen molar-refractivity contribution in [2.45, 2.75) is 0 Å². The summed E-state index contributed by atoms with van der Waals surface area (Å²) >= 11 is 5.96. The van der Waals surface area contributed by atoms with Gasteiger partial charge in [0.25, 0.3) is 0 Å². The van der Waals surface area contributed by atoms with Gasteiger partial charge in [-0.2, -0.15) is 10.4 Å². The number of hydrogen-bond donors (Lipinski definition) is 1. The topological polar surface area (TPSA) is 38.9 Å². The lowest BCUT2D eigenvalue weighted by molar-refractivity contribution is 0.543. The number of rotatable bonds is 1. The highest BCUT2D eigenvalue weighted by atomic mass is 35.5. The van der Waals surface area contributed by atoms with Crippen molar-refractivity contribution in [3.8, 4) is 0 Å². The van der Waals surface area contributed by atoms with Crippen molar-refractivity contribution in [3.63, 3.8) is 0 Å². The molecule has 3 nitrogen and oxygen atoms in total. The summed E-state index contributed by atoms with van der Waals surface area (Å²) in [5.74, 6) is 6.41. The second-order valence-corrected chi connectivity index (χ2v) is 4.45. The summed E-state index contributed by atoms with van der Waals surface area (Å²) in [7, 11) is 0. The molecule has 0 saturated carbocycles. The third kappa shape index (κ3) is 1.56. The molecular weight excluding hydrogens is 234 g/mol. The highest BCUT2D eigenvalue weighted by Crippen LogP contribution is 2.39. The normalized spacial score (nSPS) is 21.5. The Morgan fingerprint density at radius 3 is 2.82 bits per heavy atom. The van der Waals surface area contributed by atoms with Gasteiger partial charge in [0.05, 0.1) is 11.2 Å². The molecule has 0 spiro atoms. The monoisotopic (exact) mass is 244 g/mol. The van der Waals surface area contributed by atoms with E-state index in [4.69, 9.17) is 17.4 Å². The van der Waals surface area contributed by atoms with Crippen LogP contribution in [0.15, 0.2) is 48.9 Å². The summed E-state index contributed by atoms with van der Waals surface area (Å²) in [6.07, 6.45) is 7.27. The molecule has 1 atom stereocenters. The summed E-state index contributed by atoms with van der Waals surface area (Å²) in [6.45, 7) is 0. The van der Waals surface area contributed by atoms with E-state index >= 15 is 0 Å². The van der Waals surface area contributed by atoms with E-state index in [9.17, 15) is 0 Å². The molecule has 0 fully saturated rings. The summed E-state index contributed by atoms with van der Waals surface area (Å²) < 4.78 is 0.115. The molecule has 3 rings (SSSR count). The average Bonchev–Trinajstić information content (AvgIpc) is 2.69. The molecule has 2 heterocycles. The van der Waals surface area contributed by atoms with Gasteiger partial charge in [-0.15, -0.1) is 0 Å². The first-order chi connectivity index (χ1) is 8.20. The van der Waals surface area contributed by atoms with Crippen LogP contribution in [0.2, 0.25) is 5.02 Å². The zero-order valence-corrected chi connectivity index (χ0v) is 9.80. The molecule has 0 bridgehead atoms.